The molecule has 0 saturated carbocycles. The van der Waals surface area contributed by atoms with Gasteiger partial charge in [0.15, 0.2) is 11.5 Å². The molecule has 3 aromatic rings. The highest BCUT2D eigenvalue weighted by Gasteiger charge is 2.22. The van der Waals surface area contributed by atoms with Crippen molar-refractivity contribution in [1.29, 1.82) is 0 Å². The number of hydrogen-bond donors (Lipinski definition) is 0. The Morgan fingerprint density at radius 1 is 1.04 bits per heavy atom. The lowest BCUT2D eigenvalue weighted by molar-refractivity contribution is 0.0733. The van der Waals surface area contributed by atoms with Crippen LogP contribution in [0.15, 0.2) is 47.2 Å². The molecule has 0 radical (unpaired) electrons. The smallest absolute Gasteiger partial charge is 0.254 e. The summed E-state index contributed by atoms with van der Waals surface area (Å²) in [7, 11) is 0. The van der Waals surface area contributed by atoms with Gasteiger partial charge in [-0.3, -0.25) is 4.79 Å². The molecular weight excluding hydrogens is 402 g/mol. The van der Waals surface area contributed by atoms with Crippen LogP contribution in [0, 0.1) is 0 Å². The molecule has 0 bridgehead atoms. The number of halogens is 1. The van der Waals surface area contributed by atoms with Crippen LogP contribution in [0.4, 0.5) is 0 Å². The molecular formula is C20H18ClNO3S2. The van der Waals surface area contributed by atoms with Crippen LogP contribution in [-0.2, 0) is 13.1 Å². The van der Waals surface area contributed by atoms with E-state index in [9.17, 15) is 4.79 Å². The first-order valence-electron chi connectivity index (χ1n) is 8.64. The van der Waals surface area contributed by atoms with Crippen molar-refractivity contribution in [3.63, 3.8) is 0 Å². The number of ether oxygens (including phenoxy) is 2. The largest absolute Gasteiger partial charge is 0.489 e. The lowest BCUT2D eigenvalue weighted by Crippen LogP contribution is -2.29. The summed E-state index contributed by atoms with van der Waals surface area (Å²) in [5.74, 6) is 0.985. The first-order chi connectivity index (χ1) is 13.2. The maximum absolute atomic E-state index is 13.3. The highest BCUT2D eigenvalue weighted by atomic mass is 35.5. The van der Waals surface area contributed by atoms with Crippen LogP contribution in [-0.4, -0.2) is 24.0 Å². The number of carbonyl (C=O) groups is 1. The second kappa shape index (κ2) is 8.33. The van der Waals surface area contributed by atoms with Gasteiger partial charge in [-0.1, -0.05) is 23.7 Å². The van der Waals surface area contributed by atoms with Crippen LogP contribution < -0.4 is 9.47 Å². The van der Waals surface area contributed by atoms with Gasteiger partial charge in [0.05, 0.1) is 31.3 Å². The van der Waals surface area contributed by atoms with Crippen molar-refractivity contribution in [3.05, 3.63) is 67.5 Å². The van der Waals surface area contributed by atoms with Crippen LogP contribution >= 0.6 is 34.3 Å². The van der Waals surface area contributed by atoms with Crippen molar-refractivity contribution >= 4 is 40.2 Å². The number of benzene rings is 1. The molecule has 4 rings (SSSR count). The van der Waals surface area contributed by atoms with E-state index in [-0.39, 0.29) is 5.91 Å². The lowest BCUT2D eigenvalue weighted by Gasteiger charge is -2.22. The lowest BCUT2D eigenvalue weighted by atomic mass is 10.1. The Labute approximate surface area is 170 Å². The van der Waals surface area contributed by atoms with Crippen molar-refractivity contribution < 1.29 is 14.3 Å². The fraction of sp³-hybridized carbons (Fsp3) is 0.250. The molecule has 7 heteroatoms. The minimum absolute atomic E-state index is 0.0747. The Morgan fingerprint density at radius 3 is 2.33 bits per heavy atom. The third-order valence-corrected chi connectivity index (χ3v) is 6.19. The second-order valence-electron chi connectivity index (χ2n) is 6.16. The van der Waals surface area contributed by atoms with E-state index in [0.29, 0.717) is 48.4 Å². The SMILES string of the molecule is O=C(c1cc(Cl)c2c(c1)OCCCO2)N(Cc1cccs1)Cc1cccs1. The molecule has 0 unspecified atom stereocenters. The molecule has 1 aliphatic heterocycles. The fourth-order valence-electron chi connectivity index (χ4n) is 2.92. The van der Waals surface area contributed by atoms with Crippen molar-refractivity contribution in [2.75, 3.05) is 13.2 Å². The topological polar surface area (TPSA) is 38.8 Å². The molecule has 4 nitrogen and oxygen atoms in total. The Hall–Kier alpha value is -2.02. The third-order valence-electron chi connectivity index (χ3n) is 4.19. The molecule has 0 N–H and O–H groups in total. The molecule has 0 atom stereocenters. The van der Waals surface area contributed by atoms with Gasteiger partial charge in [-0.15, -0.1) is 22.7 Å². The minimum atomic E-state index is -0.0747. The highest BCUT2D eigenvalue weighted by Crippen LogP contribution is 2.38. The number of hydrogen-bond acceptors (Lipinski definition) is 5. The van der Waals surface area contributed by atoms with Crippen LogP contribution in [0.1, 0.15) is 26.5 Å². The number of thiophene rings is 2. The summed E-state index contributed by atoms with van der Waals surface area (Å²) < 4.78 is 11.4. The molecule has 0 fully saturated rings. The first kappa shape index (κ1) is 18.3. The van der Waals surface area contributed by atoms with E-state index in [1.807, 2.05) is 39.9 Å². The van der Waals surface area contributed by atoms with Gasteiger partial charge in [0.1, 0.15) is 0 Å². The molecule has 0 saturated heterocycles. The maximum atomic E-state index is 13.3. The summed E-state index contributed by atoms with van der Waals surface area (Å²) in [6.07, 6.45) is 0.789. The monoisotopic (exact) mass is 419 g/mol. The first-order valence-corrected chi connectivity index (χ1v) is 10.8. The molecule has 140 valence electrons. The van der Waals surface area contributed by atoms with E-state index in [4.69, 9.17) is 21.1 Å². The Bertz CT molecular complexity index is 873. The summed E-state index contributed by atoms with van der Waals surface area (Å²) in [5, 5.41) is 4.45. The number of rotatable bonds is 5. The minimum Gasteiger partial charge on any atom is -0.489 e. The number of fused-ring (bicyclic) bond motifs is 1. The Balaban J connectivity index is 1.64. The summed E-state index contributed by atoms with van der Waals surface area (Å²) in [5.41, 5.74) is 0.511. The van der Waals surface area contributed by atoms with Gasteiger partial charge >= 0.3 is 0 Å². The molecule has 1 aromatic carbocycles. The zero-order chi connectivity index (χ0) is 18.6. The van der Waals surface area contributed by atoms with Gasteiger partial charge in [0.2, 0.25) is 0 Å². The van der Waals surface area contributed by atoms with Crippen molar-refractivity contribution in [3.8, 4) is 11.5 Å². The van der Waals surface area contributed by atoms with Gasteiger partial charge < -0.3 is 14.4 Å². The van der Waals surface area contributed by atoms with Gasteiger partial charge in [0, 0.05) is 21.7 Å². The van der Waals surface area contributed by atoms with Crippen molar-refractivity contribution in [2.45, 2.75) is 19.5 Å². The van der Waals surface area contributed by atoms with E-state index in [1.54, 1.807) is 34.8 Å². The predicted molar refractivity (Wildman–Crippen MR) is 109 cm³/mol. The average molecular weight is 420 g/mol. The highest BCUT2D eigenvalue weighted by molar-refractivity contribution is 7.10. The molecule has 27 heavy (non-hydrogen) atoms. The van der Waals surface area contributed by atoms with E-state index in [0.717, 1.165) is 16.2 Å². The quantitative estimate of drug-likeness (QED) is 0.550. The average Bonchev–Trinajstić information content (AvgIpc) is 3.31. The molecule has 1 aliphatic rings. The Morgan fingerprint density at radius 2 is 1.70 bits per heavy atom. The van der Waals surface area contributed by atoms with Gasteiger partial charge in [-0.25, -0.2) is 0 Å². The fourth-order valence-corrected chi connectivity index (χ4v) is 4.62. The summed E-state index contributed by atoms with van der Waals surface area (Å²) in [4.78, 5) is 17.4. The Kier molecular flexibility index (Phi) is 5.66. The van der Waals surface area contributed by atoms with E-state index in [1.165, 1.54) is 0 Å². The zero-order valence-corrected chi connectivity index (χ0v) is 16.9. The predicted octanol–water partition coefficient (Wildman–Crippen LogP) is 5.47. The molecule has 0 spiro atoms. The normalized spacial score (nSPS) is 13.2. The molecule has 3 heterocycles. The summed E-state index contributed by atoms with van der Waals surface area (Å²) in [6.45, 7) is 2.22. The van der Waals surface area contributed by atoms with Crippen LogP contribution in [0.5, 0.6) is 11.5 Å². The van der Waals surface area contributed by atoms with Gasteiger partial charge in [0.25, 0.3) is 5.91 Å². The molecule has 2 aromatic heterocycles. The maximum Gasteiger partial charge on any atom is 0.254 e. The van der Waals surface area contributed by atoms with Gasteiger partial charge in [-0.2, -0.15) is 0 Å². The van der Waals surface area contributed by atoms with E-state index < -0.39 is 0 Å². The van der Waals surface area contributed by atoms with Gasteiger partial charge in [-0.05, 0) is 35.0 Å². The van der Waals surface area contributed by atoms with Crippen molar-refractivity contribution in [2.24, 2.45) is 0 Å². The van der Waals surface area contributed by atoms with Crippen LogP contribution in [0.25, 0.3) is 0 Å². The molecule has 0 aliphatic carbocycles. The molecule has 1 amide bonds. The number of amides is 1. The standard InChI is InChI=1S/C20H18ClNO3S2/c21-17-10-14(11-18-19(17)25-7-3-6-24-18)20(23)22(12-15-4-1-8-26-15)13-16-5-2-9-27-16/h1-2,4-5,8-11H,3,6-7,12-13H2. The summed E-state index contributed by atoms with van der Waals surface area (Å²) in [6, 6.07) is 11.5. The van der Waals surface area contributed by atoms with Crippen LogP contribution in [0.2, 0.25) is 5.02 Å². The zero-order valence-electron chi connectivity index (χ0n) is 14.5. The van der Waals surface area contributed by atoms with E-state index in [2.05, 4.69) is 0 Å². The van der Waals surface area contributed by atoms with Crippen molar-refractivity contribution in [1.82, 2.24) is 4.90 Å². The third kappa shape index (κ3) is 4.29. The number of nitrogens with zero attached hydrogens (tertiary/aromatic N) is 1. The number of carbonyl (C=O) groups excluding carboxylic acids is 1. The second-order valence-corrected chi connectivity index (χ2v) is 8.63. The summed E-state index contributed by atoms with van der Waals surface area (Å²) >= 11 is 9.67. The van der Waals surface area contributed by atoms with E-state index >= 15 is 0 Å². The van der Waals surface area contributed by atoms with Crippen LogP contribution in [0.3, 0.4) is 0 Å².